The summed E-state index contributed by atoms with van der Waals surface area (Å²) < 4.78 is 5.71. The molecule has 0 aromatic heterocycles. The summed E-state index contributed by atoms with van der Waals surface area (Å²) in [6, 6.07) is 7.29. The Morgan fingerprint density at radius 2 is 2.36 bits per heavy atom. The molecule has 2 nitrogen and oxygen atoms in total. The molecule has 0 bridgehead atoms. The molecule has 1 atom stereocenters. The molecule has 0 fully saturated rings. The summed E-state index contributed by atoms with van der Waals surface area (Å²) in [7, 11) is 0. The lowest BCUT2D eigenvalue weighted by Crippen LogP contribution is -2.10. The Morgan fingerprint density at radius 3 is 2.93 bits per heavy atom. The Bertz CT molecular complexity index is 328. The summed E-state index contributed by atoms with van der Waals surface area (Å²) in [5, 5.41) is -0.729. The first-order valence-electron chi connectivity index (χ1n) is 4.21. The summed E-state index contributed by atoms with van der Waals surface area (Å²) in [4.78, 5) is 11.3. The molecule has 0 aliphatic rings. The molecule has 0 saturated heterocycles. The van der Waals surface area contributed by atoms with Gasteiger partial charge in [-0.3, -0.25) is 4.79 Å². The average Bonchev–Trinajstić information content (AvgIpc) is 2.17. The molecule has 0 saturated carbocycles. The van der Waals surface area contributed by atoms with Crippen molar-refractivity contribution >= 4 is 33.5 Å². The van der Waals surface area contributed by atoms with Crippen LogP contribution in [0.4, 0.5) is 0 Å². The van der Waals surface area contributed by atoms with Gasteiger partial charge in [-0.25, -0.2) is 0 Å². The zero-order valence-corrected chi connectivity index (χ0v) is 10.0. The molecule has 0 heterocycles. The largest absolute Gasteiger partial charge is 0.465 e. The highest BCUT2D eigenvalue weighted by Crippen LogP contribution is 2.24. The van der Waals surface area contributed by atoms with Gasteiger partial charge in [0, 0.05) is 4.47 Å². The Labute approximate surface area is 96.3 Å². The van der Waals surface area contributed by atoms with Crippen LogP contribution in [-0.4, -0.2) is 12.6 Å². The van der Waals surface area contributed by atoms with Crippen molar-refractivity contribution in [1.29, 1.82) is 0 Å². The fourth-order valence-electron chi connectivity index (χ4n) is 1.02. The number of rotatable bonds is 3. The molecule has 1 aromatic rings. The third kappa shape index (κ3) is 3.00. The summed E-state index contributed by atoms with van der Waals surface area (Å²) in [5.41, 5.74) is 0.736. The Hall–Kier alpha value is -0.540. The van der Waals surface area contributed by atoms with E-state index in [1.165, 1.54) is 0 Å². The van der Waals surface area contributed by atoms with Crippen LogP contribution >= 0.6 is 27.5 Å². The molecule has 0 radical (unpaired) electrons. The zero-order chi connectivity index (χ0) is 10.6. The van der Waals surface area contributed by atoms with Crippen LogP contribution in [0.15, 0.2) is 28.7 Å². The van der Waals surface area contributed by atoms with Crippen molar-refractivity contribution in [2.45, 2.75) is 12.3 Å². The minimum atomic E-state index is -0.729. The van der Waals surface area contributed by atoms with Crippen LogP contribution in [0.3, 0.4) is 0 Å². The van der Waals surface area contributed by atoms with Crippen LogP contribution in [0.25, 0.3) is 0 Å². The minimum absolute atomic E-state index is 0.343. The maximum Gasteiger partial charge on any atom is 0.328 e. The molecule has 0 amide bonds. The Balaban J connectivity index is 2.78. The number of benzene rings is 1. The summed E-state index contributed by atoms with van der Waals surface area (Å²) >= 11 is 9.22. The lowest BCUT2D eigenvalue weighted by molar-refractivity contribution is -0.142. The first kappa shape index (κ1) is 11.5. The van der Waals surface area contributed by atoms with Crippen LogP contribution in [-0.2, 0) is 9.53 Å². The first-order chi connectivity index (χ1) is 6.65. The van der Waals surface area contributed by atoms with Gasteiger partial charge in [0.15, 0.2) is 5.38 Å². The molecular weight excluding hydrogens is 267 g/mol. The van der Waals surface area contributed by atoms with E-state index in [0.717, 1.165) is 10.0 Å². The monoisotopic (exact) mass is 276 g/mol. The van der Waals surface area contributed by atoms with Crippen molar-refractivity contribution in [2.24, 2.45) is 0 Å². The Morgan fingerprint density at radius 1 is 1.64 bits per heavy atom. The molecule has 0 spiro atoms. The van der Waals surface area contributed by atoms with E-state index in [4.69, 9.17) is 16.3 Å². The van der Waals surface area contributed by atoms with Crippen LogP contribution in [0, 0.1) is 0 Å². The van der Waals surface area contributed by atoms with Crippen LogP contribution in [0.5, 0.6) is 0 Å². The first-order valence-corrected chi connectivity index (χ1v) is 5.44. The van der Waals surface area contributed by atoms with E-state index in [0.29, 0.717) is 6.61 Å². The lowest BCUT2D eigenvalue weighted by Gasteiger charge is -2.08. The quantitative estimate of drug-likeness (QED) is 0.626. The number of carbonyl (C=O) groups excluding carboxylic acids is 1. The predicted molar refractivity (Wildman–Crippen MR) is 59.4 cm³/mol. The zero-order valence-electron chi connectivity index (χ0n) is 7.67. The van der Waals surface area contributed by atoms with Gasteiger partial charge < -0.3 is 4.74 Å². The van der Waals surface area contributed by atoms with Crippen molar-refractivity contribution in [3.05, 3.63) is 34.3 Å². The maximum atomic E-state index is 11.3. The molecule has 14 heavy (non-hydrogen) atoms. The van der Waals surface area contributed by atoms with E-state index in [2.05, 4.69) is 15.9 Å². The summed E-state index contributed by atoms with van der Waals surface area (Å²) in [6.07, 6.45) is 0. The Kier molecular flexibility index (Phi) is 4.42. The van der Waals surface area contributed by atoms with Gasteiger partial charge in [0.05, 0.1) is 6.61 Å². The van der Waals surface area contributed by atoms with Crippen molar-refractivity contribution in [2.75, 3.05) is 6.61 Å². The van der Waals surface area contributed by atoms with Crippen molar-refractivity contribution in [1.82, 2.24) is 0 Å². The van der Waals surface area contributed by atoms with Gasteiger partial charge in [0.25, 0.3) is 0 Å². The normalized spacial score (nSPS) is 12.2. The highest BCUT2D eigenvalue weighted by Gasteiger charge is 2.18. The predicted octanol–water partition coefficient (Wildman–Crippen LogP) is 3.29. The second-order valence-corrected chi connectivity index (χ2v) is 4.02. The molecule has 4 heteroatoms. The third-order valence-corrected chi connectivity index (χ3v) is 2.56. The number of alkyl halides is 1. The standard InChI is InChI=1S/C10H10BrClO2/c1-2-14-10(13)9(12)7-4-3-5-8(11)6-7/h3-6,9H,2H2,1H3. The number of hydrogen-bond acceptors (Lipinski definition) is 2. The van der Waals surface area contributed by atoms with Gasteiger partial charge in [-0.15, -0.1) is 11.6 Å². The van der Waals surface area contributed by atoms with Crippen molar-refractivity contribution in [3.8, 4) is 0 Å². The van der Waals surface area contributed by atoms with Gasteiger partial charge in [-0.2, -0.15) is 0 Å². The molecule has 0 aliphatic heterocycles. The van der Waals surface area contributed by atoms with Gasteiger partial charge >= 0.3 is 5.97 Å². The molecular formula is C10H10BrClO2. The van der Waals surface area contributed by atoms with Crippen molar-refractivity contribution in [3.63, 3.8) is 0 Å². The lowest BCUT2D eigenvalue weighted by atomic mass is 10.1. The molecule has 1 unspecified atom stereocenters. The number of halogens is 2. The SMILES string of the molecule is CCOC(=O)C(Cl)c1cccc(Br)c1. The maximum absolute atomic E-state index is 11.3. The smallest absolute Gasteiger partial charge is 0.328 e. The fraction of sp³-hybridized carbons (Fsp3) is 0.300. The van der Waals surface area contributed by atoms with Gasteiger partial charge in [0.1, 0.15) is 0 Å². The van der Waals surface area contributed by atoms with E-state index in [1.807, 2.05) is 12.1 Å². The minimum Gasteiger partial charge on any atom is -0.465 e. The van der Waals surface area contributed by atoms with E-state index in [1.54, 1.807) is 19.1 Å². The van der Waals surface area contributed by atoms with E-state index in [9.17, 15) is 4.79 Å². The van der Waals surface area contributed by atoms with E-state index < -0.39 is 11.3 Å². The van der Waals surface area contributed by atoms with Crippen LogP contribution < -0.4 is 0 Å². The number of hydrogen-bond donors (Lipinski definition) is 0. The van der Waals surface area contributed by atoms with Crippen LogP contribution in [0.2, 0.25) is 0 Å². The molecule has 0 N–H and O–H groups in total. The van der Waals surface area contributed by atoms with Gasteiger partial charge in [0.2, 0.25) is 0 Å². The van der Waals surface area contributed by atoms with Crippen LogP contribution in [0.1, 0.15) is 17.9 Å². The molecule has 1 rings (SSSR count). The second kappa shape index (κ2) is 5.37. The topological polar surface area (TPSA) is 26.3 Å². The van der Waals surface area contributed by atoms with Gasteiger partial charge in [-0.05, 0) is 24.6 Å². The third-order valence-electron chi connectivity index (χ3n) is 1.63. The summed E-state index contributed by atoms with van der Waals surface area (Å²) in [6.45, 7) is 2.10. The summed E-state index contributed by atoms with van der Waals surface area (Å²) in [5.74, 6) is -0.410. The average molecular weight is 278 g/mol. The van der Waals surface area contributed by atoms with E-state index >= 15 is 0 Å². The number of carbonyl (C=O) groups is 1. The number of ether oxygens (including phenoxy) is 1. The number of esters is 1. The molecule has 76 valence electrons. The fourth-order valence-corrected chi connectivity index (χ4v) is 1.63. The van der Waals surface area contributed by atoms with Gasteiger partial charge in [-0.1, -0.05) is 28.1 Å². The second-order valence-electron chi connectivity index (χ2n) is 2.67. The van der Waals surface area contributed by atoms with Crippen molar-refractivity contribution < 1.29 is 9.53 Å². The molecule has 0 aliphatic carbocycles. The molecule has 1 aromatic carbocycles. The highest BCUT2D eigenvalue weighted by atomic mass is 79.9. The highest BCUT2D eigenvalue weighted by molar-refractivity contribution is 9.10. The van der Waals surface area contributed by atoms with E-state index in [-0.39, 0.29) is 0 Å².